The summed E-state index contributed by atoms with van der Waals surface area (Å²) in [6, 6.07) is 0. The van der Waals surface area contributed by atoms with E-state index in [2.05, 4.69) is 20.6 Å². The molecule has 1 saturated carbocycles. The van der Waals surface area contributed by atoms with Crippen LogP contribution in [0.4, 0.5) is 24.9 Å². The number of hydrogen-bond acceptors (Lipinski definition) is 5. The van der Waals surface area contributed by atoms with Gasteiger partial charge in [0.1, 0.15) is 11.4 Å². The van der Waals surface area contributed by atoms with E-state index in [1.807, 2.05) is 19.9 Å². The molecule has 0 aliphatic heterocycles. The van der Waals surface area contributed by atoms with Crippen molar-refractivity contribution in [2.75, 3.05) is 30.8 Å². The molecular weight excluding hydrogens is 383 g/mol. The Bertz CT molecular complexity index is 717. The van der Waals surface area contributed by atoms with Gasteiger partial charge in [-0.2, -0.15) is 18.2 Å². The summed E-state index contributed by atoms with van der Waals surface area (Å²) in [5, 5.41) is 5.74. The first-order chi connectivity index (χ1) is 13.8. The topological polar surface area (TPSA) is 70.2 Å². The Morgan fingerprint density at radius 3 is 2.62 bits per heavy atom. The average Bonchev–Trinajstić information content (AvgIpc) is 2.62. The maximum absolute atomic E-state index is 13.3. The van der Waals surface area contributed by atoms with Crippen LogP contribution in [0.3, 0.4) is 0 Å². The number of amides is 1. The Kier molecular flexibility index (Phi) is 8.28. The van der Waals surface area contributed by atoms with Crippen LogP contribution in [0.15, 0.2) is 18.0 Å². The standard InChI is InChI=1S/C20H30F3N5O/c1-4-8-15(5-2)26-19-25-13-16(20(21,22)23)17(27-19)24-11-7-12-28(3)18(29)14-9-6-10-14/h8,13-14H,4-7,9-12H2,1-3H3,(H2,24,25,26,27)/b15-8+. The summed E-state index contributed by atoms with van der Waals surface area (Å²) in [5.74, 6) is 0.106. The van der Waals surface area contributed by atoms with Gasteiger partial charge in [0.05, 0.1) is 0 Å². The average molecular weight is 413 g/mol. The first-order valence-corrected chi connectivity index (χ1v) is 10.1. The number of alkyl halides is 3. The summed E-state index contributed by atoms with van der Waals surface area (Å²) >= 11 is 0. The van der Waals surface area contributed by atoms with Crippen LogP contribution in [0.1, 0.15) is 57.9 Å². The van der Waals surface area contributed by atoms with Crippen molar-refractivity contribution in [2.45, 2.75) is 58.5 Å². The Hall–Kier alpha value is -2.32. The number of carbonyl (C=O) groups is 1. The lowest BCUT2D eigenvalue weighted by molar-refractivity contribution is -0.137. The van der Waals surface area contributed by atoms with E-state index in [0.717, 1.165) is 37.6 Å². The number of nitrogens with zero attached hydrogens (tertiary/aromatic N) is 3. The van der Waals surface area contributed by atoms with E-state index in [4.69, 9.17) is 0 Å². The molecule has 0 radical (unpaired) electrons. The molecule has 1 aromatic rings. The van der Waals surface area contributed by atoms with Crippen molar-refractivity contribution in [3.05, 3.63) is 23.5 Å². The summed E-state index contributed by atoms with van der Waals surface area (Å²) in [6.07, 6.45) is 3.16. The third-order valence-electron chi connectivity index (χ3n) is 4.99. The molecule has 0 aromatic carbocycles. The third kappa shape index (κ3) is 6.61. The fourth-order valence-electron chi connectivity index (χ4n) is 3.06. The summed E-state index contributed by atoms with van der Waals surface area (Å²) in [6.45, 7) is 4.68. The van der Waals surface area contributed by atoms with Crippen LogP contribution in [-0.4, -0.2) is 40.9 Å². The number of hydrogen-bond donors (Lipinski definition) is 2. The molecule has 1 aliphatic carbocycles. The summed E-state index contributed by atoms with van der Waals surface area (Å²) in [5.41, 5.74) is -0.0474. The maximum atomic E-state index is 13.3. The lowest BCUT2D eigenvalue weighted by Crippen LogP contribution is -2.37. The Labute approximate surface area is 170 Å². The van der Waals surface area contributed by atoms with E-state index in [1.54, 1.807) is 11.9 Å². The number of aromatic nitrogens is 2. The zero-order valence-corrected chi connectivity index (χ0v) is 17.3. The van der Waals surface area contributed by atoms with Gasteiger partial charge in [-0.3, -0.25) is 4.79 Å². The van der Waals surface area contributed by atoms with Gasteiger partial charge in [0.2, 0.25) is 11.9 Å². The minimum Gasteiger partial charge on any atom is -0.369 e. The fraction of sp³-hybridized carbons (Fsp3) is 0.650. The Balaban J connectivity index is 1.99. The number of allylic oxidation sites excluding steroid dienone is 2. The molecule has 1 fully saturated rings. The first kappa shape index (κ1) is 23.0. The molecule has 1 heterocycles. The van der Waals surface area contributed by atoms with E-state index in [0.29, 0.717) is 19.4 Å². The molecule has 2 rings (SSSR count). The zero-order chi connectivity index (χ0) is 21.4. The van der Waals surface area contributed by atoms with Gasteiger partial charge in [-0.25, -0.2) is 4.98 Å². The van der Waals surface area contributed by atoms with Crippen LogP contribution in [0.25, 0.3) is 0 Å². The van der Waals surface area contributed by atoms with Crippen LogP contribution in [-0.2, 0) is 11.0 Å². The van der Waals surface area contributed by atoms with E-state index in [-0.39, 0.29) is 30.1 Å². The lowest BCUT2D eigenvalue weighted by atomic mass is 9.84. The number of carbonyl (C=O) groups excluding carboxylic acids is 1. The second-order valence-corrected chi connectivity index (χ2v) is 7.24. The largest absolute Gasteiger partial charge is 0.421 e. The highest BCUT2D eigenvalue weighted by Gasteiger charge is 2.35. The molecule has 0 spiro atoms. The van der Waals surface area contributed by atoms with Crippen molar-refractivity contribution in [3.63, 3.8) is 0 Å². The quantitative estimate of drug-likeness (QED) is 0.546. The normalized spacial score (nSPS) is 15.0. The lowest BCUT2D eigenvalue weighted by Gasteiger charge is -2.29. The molecule has 29 heavy (non-hydrogen) atoms. The highest BCUT2D eigenvalue weighted by molar-refractivity contribution is 5.79. The maximum Gasteiger partial charge on any atom is 0.421 e. The van der Waals surface area contributed by atoms with Crippen molar-refractivity contribution in [2.24, 2.45) is 5.92 Å². The molecule has 2 N–H and O–H groups in total. The SMILES string of the molecule is CC/C=C(\CC)Nc1ncc(C(F)(F)F)c(NCCCN(C)C(=O)C2CCC2)n1. The van der Waals surface area contributed by atoms with Crippen LogP contribution in [0.2, 0.25) is 0 Å². The molecule has 1 amide bonds. The number of anilines is 2. The van der Waals surface area contributed by atoms with Gasteiger partial charge in [-0.15, -0.1) is 0 Å². The number of nitrogens with one attached hydrogen (secondary N) is 2. The second-order valence-electron chi connectivity index (χ2n) is 7.24. The molecular formula is C20H30F3N5O. The minimum atomic E-state index is -4.55. The minimum absolute atomic E-state index is 0.115. The molecule has 9 heteroatoms. The van der Waals surface area contributed by atoms with Crippen LogP contribution < -0.4 is 10.6 Å². The van der Waals surface area contributed by atoms with Gasteiger partial charge in [-0.05, 0) is 32.1 Å². The summed E-state index contributed by atoms with van der Waals surface area (Å²) in [7, 11) is 1.74. The zero-order valence-electron chi connectivity index (χ0n) is 17.3. The molecule has 0 atom stereocenters. The predicted octanol–water partition coefficient (Wildman–Crippen LogP) is 4.67. The van der Waals surface area contributed by atoms with Gasteiger partial charge >= 0.3 is 6.18 Å². The predicted molar refractivity (Wildman–Crippen MR) is 107 cm³/mol. The molecule has 0 unspecified atom stereocenters. The van der Waals surface area contributed by atoms with Gasteiger partial charge in [0.25, 0.3) is 0 Å². The van der Waals surface area contributed by atoms with Crippen LogP contribution in [0, 0.1) is 5.92 Å². The molecule has 162 valence electrons. The van der Waals surface area contributed by atoms with Crippen LogP contribution >= 0.6 is 0 Å². The highest BCUT2D eigenvalue weighted by Crippen LogP contribution is 2.34. The molecule has 0 bridgehead atoms. The van der Waals surface area contributed by atoms with Crippen molar-refractivity contribution < 1.29 is 18.0 Å². The Morgan fingerprint density at radius 2 is 2.07 bits per heavy atom. The van der Waals surface area contributed by atoms with Crippen molar-refractivity contribution in [1.82, 2.24) is 14.9 Å². The summed E-state index contributed by atoms with van der Waals surface area (Å²) in [4.78, 5) is 21.6. The second kappa shape index (κ2) is 10.5. The number of rotatable bonds is 10. The molecule has 1 aromatic heterocycles. The number of halogens is 3. The third-order valence-corrected chi connectivity index (χ3v) is 4.99. The van der Waals surface area contributed by atoms with Gasteiger partial charge in [0, 0.05) is 37.9 Å². The molecule has 0 saturated heterocycles. The van der Waals surface area contributed by atoms with E-state index in [9.17, 15) is 18.0 Å². The van der Waals surface area contributed by atoms with E-state index >= 15 is 0 Å². The highest BCUT2D eigenvalue weighted by atomic mass is 19.4. The molecule has 6 nitrogen and oxygen atoms in total. The van der Waals surface area contributed by atoms with Gasteiger partial charge in [0.15, 0.2) is 0 Å². The first-order valence-electron chi connectivity index (χ1n) is 10.1. The summed E-state index contributed by atoms with van der Waals surface area (Å²) < 4.78 is 39.9. The van der Waals surface area contributed by atoms with Crippen molar-refractivity contribution >= 4 is 17.7 Å². The van der Waals surface area contributed by atoms with Gasteiger partial charge in [-0.1, -0.05) is 26.3 Å². The van der Waals surface area contributed by atoms with Crippen molar-refractivity contribution in [1.29, 1.82) is 0 Å². The van der Waals surface area contributed by atoms with E-state index in [1.165, 1.54) is 0 Å². The monoisotopic (exact) mass is 413 g/mol. The Morgan fingerprint density at radius 1 is 1.34 bits per heavy atom. The molecule has 1 aliphatic rings. The van der Waals surface area contributed by atoms with E-state index < -0.39 is 11.7 Å². The van der Waals surface area contributed by atoms with Crippen molar-refractivity contribution in [3.8, 4) is 0 Å². The van der Waals surface area contributed by atoms with Crippen LogP contribution in [0.5, 0.6) is 0 Å². The smallest absolute Gasteiger partial charge is 0.369 e. The van der Waals surface area contributed by atoms with Gasteiger partial charge < -0.3 is 15.5 Å². The fourth-order valence-corrected chi connectivity index (χ4v) is 3.06.